The average Bonchev–Trinajstić information content (AvgIpc) is 3.00. The molecule has 1 aromatic carbocycles. The van der Waals surface area contributed by atoms with Gasteiger partial charge < -0.3 is 4.90 Å². The molecule has 1 aliphatic rings. The van der Waals surface area contributed by atoms with Gasteiger partial charge in [0.15, 0.2) is 0 Å². The fourth-order valence-corrected chi connectivity index (χ4v) is 2.65. The van der Waals surface area contributed by atoms with Crippen LogP contribution in [0.2, 0.25) is 0 Å². The van der Waals surface area contributed by atoms with E-state index in [0.29, 0.717) is 30.7 Å². The van der Waals surface area contributed by atoms with Crippen LogP contribution in [0.1, 0.15) is 35.7 Å². The second-order valence-corrected chi connectivity index (χ2v) is 5.31. The molecule has 0 spiro atoms. The largest absolute Gasteiger partial charge is 0.327 e. The molecule has 1 atom stereocenters. The summed E-state index contributed by atoms with van der Waals surface area (Å²) in [7, 11) is 0. The third-order valence-corrected chi connectivity index (χ3v) is 3.77. The molecule has 0 aromatic heterocycles. The number of rotatable bonds is 5. The van der Waals surface area contributed by atoms with Crippen molar-refractivity contribution in [1.82, 2.24) is 10.4 Å². The Balaban J connectivity index is 2.17. The predicted octanol–water partition coefficient (Wildman–Crippen LogP) is 1.58. The van der Waals surface area contributed by atoms with Crippen molar-refractivity contribution in [3.05, 3.63) is 39.4 Å². The highest BCUT2D eigenvalue weighted by Crippen LogP contribution is 2.23. The molecule has 1 aliphatic heterocycles. The summed E-state index contributed by atoms with van der Waals surface area (Å²) in [5.41, 5.74) is 3.04. The van der Waals surface area contributed by atoms with Gasteiger partial charge in [0, 0.05) is 23.7 Å². The predicted molar refractivity (Wildman–Crippen MR) is 81.7 cm³/mol. The zero-order chi connectivity index (χ0) is 17.0. The molecule has 1 N–H and O–H groups in total. The molecule has 2 rings (SSSR count). The molecule has 2 amide bonds. The minimum atomic E-state index is -0.579. The van der Waals surface area contributed by atoms with Gasteiger partial charge in [0.25, 0.3) is 17.5 Å². The van der Waals surface area contributed by atoms with Crippen molar-refractivity contribution >= 4 is 17.5 Å². The number of hydroxylamine groups is 1. The molecular formula is C15H19N3O5. The molecule has 1 heterocycles. The summed E-state index contributed by atoms with van der Waals surface area (Å²) >= 11 is 0. The molecular weight excluding hydrogens is 302 g/mol. The summed E-state index contributed by atoms with van der Waals surface area (Å²) in [6.45, 7) is 4.14. The van der Waals surface area contributed by atoms with E-state index in [2.05, 4.69) is 5.48 Å². The van der Waals surface area contributed by atoms with Gasteiger partial charge in [0.05, 0.1) is 11.5 Å². The highest BCUT2D eigenvalue weighted by atomic mass is 16.6. The lowest BCUT2D eigenvalue weighted by atomic mass is 10.1. The fraction of sp³-hybridized carbons (Fsp3) is 0.467. The lowest BCUT2D eigenvalue weighted by Gasteiger charge is -2.23. The van der Waals surface area contributed by atoms with Gasteiger partial charge in [0.1, 0.15) is 6.04 Å². The number of carbonyl (C=O) groups is 2. The highest BCUT2D eigenvalue weighted by Gasteiger charge is 2.35. The van der Waals surface area contributed by atoms with Crippen molar-refractivity contribution < 1.29 is 19.3 Å². The summed E-state index contributed by atoms with van der Waals surface area (Å²) < 4.78 is 0. The number of nitro benzene ring substituents is 1. The van der Waals surface area contributed by atoms with Crippen LogP contribution in [-0.4, -0.2) is 40.8 Å². The van der Waals surface area contributed by atoms with Crippen LogP contribution in [0.5, 0.6) is 0 Å². The smallest absolute Gasteiger partial charge is 0.272 e. The van der Waals surface area contributed by atoms with Crippen LogP contribution >= 0.6 is 0 Å². The van der Waals surface area contributed by atoms with Crippen molar-refractivity contribution in [2.75, 3.05) is 13.2 Å². The number of benzene rings is 1. The Bertz CT molecular complexity index is 632. The summed E-state index contributed by atoms with van der Waals surface area (Å²) in [4.78, 5) is 41.4. The zero-order valence-corrected chi connectivity index (χ0v) is 13.1. The summed E-state index contributed by atoms with van der Waals surface area (Å²) in [5.74, 6) is -0.659. The van der Waals surface area contributed by atoms with E-state index in [-0.39, 0.29) is 17.5 Å². The SMILES string of the molecule is CCONC(=O)[C@H]1CCCN1C(=O)c1ccc([N+](=O)[O-])c(C)c1. The van der Waals surface area contributed by atoms with Crippen LogP contribution in [0, 0.1) is 17.0 Å². The number of amides is 2. The number of carbonyl (C=O) groups excluding carboxylic acids is 2. The van der Waals surface area contributed by atoms with Gasteiger partial charge in [-0.1, -0.05) is 0 Å². The third-order valence-electron chi connectivity index (χ3n) is 3.77. The van der Waals surface area contributed by atoms with E-state index in [1.807, 2.05) is 0 Å². The second kappa shape index (κ2) is 7.19. The van der Waals surface area contributed by atoms with E-state index >= 15 is 0 Å². The van der Waals surface area contributed by atoms with Crippen molar-refractivity contribution in [3.8, 4) is 0 Å². The van der Waals surface area contributed by atoms with Crippen LogP contribution in [0.3, 0.4) is 0 Å². The summed E-state index contributed by atoms with van der Waals surface area (Å²) in [6.07, 6.45) is 1.29. The monoisotopic (exact) mass is 321 g/mol. The lowest BCUT2D eigenvalue weighted by Crippen LogP contribution is -2.45. The first-order valence-corrected chi connectivity index (χ1v) is 7.43. The van der Waals surface area contributed by atoms with Crippen molar-refractivity contribution in [2.45, 2.75) is 32.7 Å². The number of aryl methyl sites for hydroxylation is 1. The van der Waals surface area contributed by atoms with Crippen LogP contribution in [0.25, 0.3) is 0 Å². The number of hydrogen-bond donors (Lipinski definition) is 1. The van der Waals surface area contributed by atoms with Crippen molar-refractivity contribution in [3.63, 3.8) is 0 Å². The topological polar surface area (TPSA) is 102 Å². The molecule has 1 aromatic rings. The molecule has 8 heteroatoms. The molecule has 23 heavy (non-hydrogen) atoms. The minimum Gasteiger partial charge on any atom is -0.327 e. The first-order chi connectivity index (χ1) is 11.0. The third kappa shape index (κ3) is 3.65. The van der Waals surface area contributed by atoms with Crippen molar-refractivity contribution in [2.24, 2.45) is 0 Å². The first-order valence-electron chi connectivity index (χ1n) is 7.43. The van der Waals surface area contributed by atoms with Gasteiger partial charge in [-0.25, -0.2) is 5.48 Å². The Kier molecular flexibility index (Phi) is 5.28. The molecule has 8 nitrogen and oxygen atoms in total. The molecule has 1 saturated heterocycles. The number of hydrogen-bond acceptors (Lipinski definition) is 5. The van der Waals surface area contributed by atoms with Gasteiger partial charge in [-0.2, -0.15) is 0 Å². The molecule has 0 unspecified atom stereocenters. The minimum absolute atomic E-state index is 0.0337. The summed E-state index contributed by atoms with van der Waals surface area (Å²) in [6, 6.07) is 3.64. The quantitative estimate of drug-likeness (QED) is 0.655. The Morgan fingerprint density at radius 2 is 2.22 bits per heavy atom. The van der Waals surface area contributed by atoms with Gasteiger partial charge in [0.2, 0.25) is 0 Å². The van der Waals surface area contributed by atoms with E-state index in [4.69, 9.17) is 4.84 Å². The highest BCUT2D eigenvalue weighted by molar-refractivity contribution is 5.98. The van der Waals surface area contributed by atoms with E-state index in [0.717, 1.165) is 6.42 Å². The number of nitro groups is 1. The van der Waals surface area contributed by atoms with Crippen LogP contribution in [-0.2, 0) is 9.63 Å². The normalized spacial score (nSPS) is 17.1. The first kappa shape index (κ1) is 16.9. The van der Waals surface area contributed by atoms with E-state index in [1.54, 1.807) is 13.8 Å². The maximum atomic E-state index is 12.6. The van der Waals surface area contributed by atoms with Crippen LogP contribution in [0.4, 0.5) is 5.69 Å². The standard InChI is InChI=1S/C15H19N3O5/c1-3-23-16-14(19)13-5-4-8-17(13)15(20)11-6-7-12(18(21)22)10(2)9-11/h6-7,9,13H,3-5,8H2,1-2H3,(H,16,19)/t13-/m1/s1. The Hall–Kier alpha value is -2.48. The second-order valence-electron chi connectivity index (χ2n) is 5.31. The molecule has 0 saturated carbocycles. The van der Waals surface area contributed by atoms with Gasteiger partial charge >= 0.3 is 0 Å². The number of likely N-dealkylation sites (tertiary alicyclic amines) is 1. The maximum Gasteiger partial charge on any atom is 0.272 e. The number of nitrogens with one attached hydrogen (secondary N) is 1. The Morgan fingerprint density at radius 3 is 2.83 bits per heavy atom. The molecule has 0 radical (unpaired) electrons. The fourth-order valence-electron chi connectivity index (χ4n) is 2.65. The van der Waals surface area contributed by atoms with Gasteiger partial charge in [-0.15, -0.1) is 0 Å². The Morgan fingerprint density at radius 1 is 1.48 bits per heavy atom. The van der Waals surface area contributed by atoms with Gasteiger partial charge in [-0.05, 0) is 38.8 Å². The van der Waals surface area contributed by atoms with E-state index in [9.17, 15) is 19.7 Å². The van der Waals surface area contributed by atoms with Crippen LogP contribution < -0.4 is 5.48 Å². The zero-order valence-electron chi connectivity index (χ0n) is 13.1. The molecule has 0 bridgehead atoms. The molecule has 124 valence electrons. The molecule has 0 aliphatic carbocycles. The lowest BCUT2D eigenvalue weighted by molar-refractivity contribution is -0.385. The maximum absolute atomic E-state index is 12.6. The van der Waals surface area contributed by atoms with Crippen LogP contribution in [0.15, 0.2) is 18.2 Å². The molecule has 1 fully saturated rings. The average molecular weight is 321 g/mol. The number of nitrogens with zero attached hydrogens (tertiary/aromatic N) is 2. The Labute approximate surface area is 133 Å². The van der Waals surface area contributed by atoms with E-state index in [1.165, 1.54) is 23.1 Å². The van der Waals surface area contributed by atoms with Gasteiger partial charge in [-0.3, -0.25) is 24.5 Å². The van der Waals surface area contributed by atoms with Crippen molar-refractivity contribution in [1.29, 1.82) is 0 Å². The summed E-state index contributed by atoms with van der Waals surface area (Å²) in [5, 5.41) is 10.8. The van der Waals surface area contributed by atoms with E-state index < -0.39 is 11.0 Å².